The van der Waals surface area contributed by atoms with E-state index in [9.17, 15) is 45.6 Å². The molecule has 7 atom stereocenters. The van der Waals surface area contributed by atoms with Crippen LogP contribution in [0, 0.1) is 17.8 Å². The van der Waals surface area contributed by atoms with Crippen molar-refractivity contribution in [2.45, 2.75) is 140 Å². The van der Waals surface area contributed by atoms with Crippen LogP contribution in [-0.4, -0.2) is 83.7 Å². The number of fused-ring (bicyclic) bond motifs is 2. The number of rotatable bonds is 8. The van der Waals surface area contributed by atoms with E-state index in [0.717, 1.165) is 29.5 Å². The van der Waals surface area contributed by atoms with Gasteiger partial charge in [-0.3, -0.25) is 19.1 Å². The summed E-state index contributed by atoms with van der Waals surface area (Å²) in [6, 6.07) is 1.40. The average molecular weight is 811 g/mol. The number of halogens is 3. The van der Waals surface area contributed by atoms with E-state index in [2.05, 4.69) is 15.4 Å². The summed E-state index contributed by atoms with van der Waals surface area (Å²) in [4.78, 5) is 70.5. The molecule has 1 unspecified atom stereocenters. The second-order valence-electron chi connectivity index (χ2n) is 16.7. The first-order valence-electron chi connectivity index (χ1n) is 19.3. The molecule has 13 nitrogen and oxygen atoms in total. The summed E-state index contributed by atoms with van der Waals surface area (Å²) in [7, 11) is -4.11. The number of alkyl carbamates (subject to hydrolysis) is 1. The Balaban J connectivity index is 1.51. The van der Waals surface area contributed by atoms with Gasteiger partial charge in [0, 0.05) is 12.3 Å². The molecule has 2 aliphatic carbocycles. The summed E-state index contributed by atoms with van der Waals surface area (Å²) >= 11 is 0. The average Bonchev–Trinajstić information content (AvgIpc) is 4.01. The Morgan fingerprint density at radius 3 is 2.34 bits per heavy atom. The monoisotopic (exact) mass is 810 g/mol. The number of nitrogens with zero attached hydrogens (tertiary/aromatic N) is 1. The number of alkyl halides is 3. The first-order chi connectivity index (χ1) is 26.1. The maximum atomic E-state index is 14.7. The molecule has 3 N–H and O–H groups in total. The summed E-state index contributed by atoms with van der Waals surface area (Å²) in [5.41, 5.74) is -4.59. The first kappa shape index (κ1) is 43.0. The smallest absolute Gasteiger partial charge is 0.417 e. The highest BCUT2D eigenvalue weighted by Gasteiger charge is 2.63. The molecule has 4 aliphatic rings. The zero-order valence-electron chi connectivity index (χ0n) is 32.7. The van der Waals surface area contributed by atoms with Crippen LogP contribution in [0.5, 0.6) is 0 Å². The zero-order chi connectivity index (χ0) is 41.4. The summed E-state index contributed by atoms with van der Waals surface area (Å²) < 4.78 is 80.3. The van der Waals surface area contributed by atoms with Crippen LogP contribution in [0.15, 0.2) is 36.4 Å². The molecule has 0 spiro atoms. The van der Waals surface area contributed by atoms with Gasteiger partial charge in [0.05, 0.1) is 22.4 Å². The lowest BCUT2D eigenvalue weighted by atomic mass is 9.85. The lowest BCUT2D eigenvalue weighted by Gasteiger charge is -2.33. The molecule has 1 aromatic rings. The third-order valence-corrected chi connectivity index (χ3v) is 13.8. The van der Waals surface area contributed by atoms with Gasteiger partial charge in [-0.15, -0.1) is 0 Å². The van der Waals surface area contributed by atoms with E-state index in [-0.39, 0.29) is 18.8 Å². The van der Waals surface area contributed by atoms with Crippen LogP contribution in [0.3, 0.4) is 0 Å². The minimum atomic E-state index is -4.88. The Bertz CT molecular complexity index is 1840. The highest BCUT2D eigenvalue weighted by molar-refractivity contribution is 7.91. The van der Waals surface area contributed by atoms with E-state index in [1.165, 1.54) is 6.07 Å². The van der Waals surface area contributed by atoms with E-state index in [0.29, 0.717) is 38.5 Å². The van der Waals surface area contributed by atoms with Gasteiger partial charge in [-0.05, 0) is 89.7 Å². The first-order valence-corrected chi connectivity index (χ1v) is 20.8. The number of amides is 4. The third-order valence-electron chi connectivity index (χ3n) is 11.5. The SMILES string of the molecule is CCC1CC/C=C\[C@@H]2C[C@@]2(C(=O)NS(=O)(=O)C2(CC)CC2)NC(=O)[C@@H]2C[C@@H](OC(=O)c3ccccc3C(F)(F)F)CN2C(=O)[C@@H](NC(=O)OC(C)(C)C)[C@H](C)C1. The number of hydrogen-bond acceptors (Lipinski definition) is 9. The maximum absolute atomic E-state index is 14.7. The molecular formula is C39H53F3N4O9S. The van der Waals surface area contributed by atoms with Crippen molar-refractivity contribution in [2.24, 2.45) is 17.8 Å². The van der Waals surface area contributed by atoms with E-state index >= 15 is 0 Å². The number of sulfonamides is 1. The summed E-state index contributed by atoms with van der Waals surface area (Å²) in [5, 5.41) is 5.41. The maximum Gasteiger partial charge on any atom is 0.417 e. The molecular weight excluding hydrogens is 758 g/mol. The molecule has 5 rings (SSSR count). The van der Waals surface area contributed by atoms with Crippen LogP contribution < -0.4 is 15.4 Å². The predicted octanol–water partition coefficient (Wildman–Crippen LogP) is 5.39. The number of carbonyl (C=O) groups excluding carboxylic acids is 5. The fraction of sp³-hybridized carbons (Fsp3) is 0.667. The molecule has 0 radical (unpaired) electrons. The van der Waals surface area contributed by atoms with Gasteiger partial charge in [0.1, 0.15) is 29.3 Å². The van der Waals surface area contributed by atoms with Crippen LogP contribution in [0.1, 0.15) is 115 Å². The second-order valence-corrected chi connectivity index (χ2v) is 18.7. The summed E-state index contributed by atoms with van der Waals surface area (Å²) in [6.45, 7) is 10.0. The molecule has 4 amide bonds. The van der Waals surface area contributed by atoms with Gasteiger partial charge in [-0.2, -0.15) is 13.2 Å². The van der Waals surface area contributed by atoms with Gasteiger partial charge in [-0.25, -0.2) is 18.0 Å². The van der Waals surface area contributed by atoms with Crippen molar-refractivity contribution >= 4 is 39.8 Å². The van der Waals surface area contributed by atoms with Gasteiger partial charge in [0.25, 0.3) is 5.91 Å². The fourth-order valence-corrected chi connectivity index (χ4v) is 9.52. The molecule has 1 aromatic carbocycles. The lowest BCUT2D eigenvalue weighted by Crippen LogP contribution is -2.59. The van der Waals surface area contributed by atoms with Gasteiger partial charge < -0.3 is 25.0 Å². The Morgan fingerprint density at radius 1 is 1.05 bits per heavy atom. The quantitative estimate of drug-likeness (QED) is 0.230. The normalized spacial score (nSPS) is 30.0. The molecule has 310 valence electrons. The van der Waals surface area contributed by atoms with Crippen molar-refractivity contribution in [3.05, 3.63) is 47.5 Å². The second kappa shape index (κ2) is 16.0. The summed E-state index contributed by atoms with van der Waals surface area (Å²) in [6.07, 6.45) is -0.0809. The highest BCUT2D eigenvalue weighted by Crippen LogP contribution is 2.49. The Hall–Kier alpha value is -4.15. The standard InChI is InChI=1S/C39H53F3N4O9S/c1-7-24-13-9-10-14-25-21-38(25,34(50)45-56(52,53)37(8-2)17-18-37)44-31(47)29-20-26(54-33(49)27-15-11-12-16-28(27)39(40,41)42)22-46(29)32(48)30(23(3)19-24)43-35(51)55-36(4,5)6/h10-12,14-16,23-26,29-30H,7-9,13,17-22H2,1-6H3,(H,43,51)(H,44,47)(H,45,50)/b14-10-/t23-,24?,25-,26-,29+,30+,38-/m1/s1. The van der Waals surface area contributed by atoms with E-state index in [4.69, 9.17) is 9.47 Å². The highest BCUT2D eigenvalue weighted by atomic mass is 32.2. The lowest BCUT2D eigenvalue weighted by molar-refractivity contribution is -0.142. The van der Waals surface area contributed by atoms with Gasteiger partial charge in [0.15, 0.2) is 0 Å². The molecule has 2 saturated carbocycles. The van der Waals surface area contributed by atoms with Crippen molar-refractivity contribution in [3.63, 3.8) is 0 Å². The van der Waals surface area contributed by atoms with Crippen molar-refractivity contribution < 1.29 is 55.0 Å². The topological polar surface area (TPSA) is 177 Å². The minimum absolute atomic E-state index is 0.0695. The van der Waals surface area contributed by atoms with E-state index < -0.39 is 110 Å². The van der Waals surface area contributed by atoms with Crippen molar-refractivity contribution in [1.29, 1.82) is 0 Å². The Kier molecular flexibility index (Phi) is 12.3. The number of carbonyl (C=O) groups is 5. The Morgan fingerprint density at radius 2 is 1.73 bits per heavy atom. The zero-order valence-corrected chi connectivity index (χ0v) is 33.5. The molecule has 3 fully saturated rings. The molecule has 56 heavy (non-hydrogen) atoms. The number of benzene rings is 1. The van der Waals surface area contributed by atoms with Gasteiger partial charge in [-0.1, -0.05) is 51.5 Å². The largest absolute Gasteiger partial charge is 0.457 e. The van der Waals surface area contributed by atoms with Crippen molar-refractivity contribution in [2.75, 3.05) is 6.54 Å². The van der Waals surface area contributed by atoms with Crippen LogP contribution in [0.4, 0.5) is 18.0 Å². The molecule has 17 heteroatoms. The minimum Gasteiger partial charge on any atom is -0.457 e. The third kappa shape index (κ3) is 9.34. The molecule has 1 saturated heterocycles. The predicted molar refractivity (Wildman–Crippen MR) is 198 cm³/mol. The number of nitrogens with one attached hydrogen (secondary N) is 3. The number of allylic oxidation sites excluding steroid dienone is 1. The van der Waals surface area contributed by atoms with E-state index in [1.807, 2.05) is 13.0 Å². The fourth-order valence-electron chi connectivity index (χ4n) is 7.86. The van der Waals surface area contributed by atoms with Crippen LogP contribution >= 0.6 is 0 Å². The molecule has 0 aromatic heterocycles. The molecule has 2 heterocycles. The number of ether oxygens (including phenoxy) is 2. The van der Waals surface area contributed by atoms with Crippen LogP contribution in [0.25, 0.3) is 0 Å². The number of esters is 1. The van der Waals surface area contributed by atoms with Crippen LogP contribution in [0.2, 0.25) is 0 Å². The molecule has 2 aliphatic heterocycles. The van der Waals surface area contributed by atoms with Crippen molar-refractivity contribution in [1.82, 2.24) is 20.3 Å². The van der Waals surface area contributed by atoms with Gasteiger partial charge >= 0.3 is 18.2 Å². The number of hydrogen-bond donors (Lipinski definition) is 3. The summed E-state index contributed by atoms with van der Waals surface area (Å²) in [5.74, 6) is -4.82. The van der Waals surface area contributed by atoms with Crippen molar-refractivity contribution in [3.8, 4) is 0 Å². The molecule has 0 bridgehead atoms. The van der Waals surface area contributed by atoms with Crippen LogP contribution in [-0.2, 0) is 40.1 Å². The Labute approximate surface area is 325 Å². The van der Waals surface area contributed by atoms with Gasteiger partial charge in [0.2, 0.25) is 21.8 Å². The van der Waals surface area contributed by atoms with E-state index in [1.54, 1.807) is 40.7 Å².